The molecule has 0 spiro atoms. The van der Waals surface area contributed by atoms with Gasteiger partial charge in [-0.05, 0) is 43.7 Å². The highest BCUT2D eigenvalue weighted by Gasteiger charge is 2.31. The van der Waals surface area contributed by atoms with Crippen LogP contribution in [-0.4, -0.2) is 55.1 Å². The van der Waals surface area contributed by atoms with Crippen LogP contribution in [0.4, 0.5) is 24.7 Å². The number of pyridine rings is 1. The van der Waals surface area contributed by atoms with Gasteiger partial charge < -0.3 is 15.0 Å². The lowest BCUT2D eigenvalue weighted by Crippen LogP contribution is -2.44. The van der Waals surface area contributed by atoms with E-state index >= 15 is 0 Å². The second-order valence-corrected chi connectivity index (χ2v) is 7.70. The quantitative estimate of drug-likeness (QED) is 0.727. The van der Waals surface area contributed by atoms with E-state index in [1.54, 1.807) is 18.2 Å². The van der Waals surface area contributed by atoms with E-state index in [1.807, 2.05) is 16.7 Å². The van der Waals surface area contributed by atoms with Crippen LogP contribution in [0.25, 0.3) is 0 Å². The molecule has 1 aromatic carbocycles. The van der Waals surface area contributed by atoms with Gasteiger partial charge in [0, 0.05) is 38.1 Å². The SMILES string of the molecule is COc1ccc(NC(=O)C(C)N2CCCN(c3ccc(C(F)(F)F)cn3)CC2)cc1Cl. The molecule has 1 amide bonds. The van der Waals surface area contributed by atoms with E-state index in [9.17, 15) is 18.0 Å². The number of alkyl halides is 3. The standard InChI is InChI=1S/C21H24ClF3N4O2/c1-14(20(30)27-16-5-6-18(31-2)17(22)12-16)28-8-3-9-29(11-10-28)19-7-4-15(13-26-19)21(23,24)25/h4-7,12-14H,3,8-11H2,1-2H3,(H,27,30). The summed E-state index contributed by atoms with van der Waals surface area (Å²) in [5.74, 6) is 0.861. The van der Waals surface area contributed by atoms with Gasteiger partial charge in [0.25, 0.3) is 0 Å². The molecular weight excluding hydrogens is 433 g/mol. The predicted molar refractivity (Wildman–Crippen MR) is 114 cm³/mol. The first-order valence-corrected chi connectivity index (χ1v) is 10.2. The zero-order valence-corrected chi connectivity index (χ0v) is 18.0. The van der Waals surface area contributed by atoms with Crippen molar-refractivity contribution in [2.75, 3.05) is 43.5 Å². The van der Waals surface area contributed by atoms with Gasteiger partial charge in [-0.15, -0.1) is 0 Å². The van der Waals surface area contributed by atoms with E-state index in [-0.39, 0.29) is 11.9 Å². The molecule has 1 aliphatic rings. The number of ether oxygens (including phenoxy) is 1. The van der Waals surface area contributed by atoms with Crippen molar-refractivity contribution < 1.29 is 22.7 Å². The van der Waals surface area contributed by atoms with Crippen LogP contribution in [0.15, 0.2) is 36.5 Å². The summed E-state index contributed by atoms with van der Waals surface area (Å²) < 4.78 is 43.4. The second kappa shape index (κ2) is 9.74. The summed E-state index contributed by atoms with van der Waals surface area (Å²) in [6.45, 7) is 4.31. The number of nitrogens with one attached hydrogen (secondary N) is 1. The van der Waals surface area contributed by atoms with Crippen LogP contribution in [0, 0.1) is 0 Å². The summed E-state index contributed by atoms with van der Waals surface area (Å²) in [4.78, 5) is 20.7. The molecule has 3 rings (SSSR count). The molecule has 6 nitrogen and oxygen atoms in total. The lowest BCUT2D eigenvalue weighted by molar-refractivity contribution is -0.137. The van der Waals surface area contributed by atoms with Gasteiger partial charge in [0.1, 0.15) is 11.6 Å². The maximum Gasteiger partial charge on any atom is 0.417 e. The summed E-state index contributed by atoms with van der Waals surface area (Å²) in [5.41, 5.74) is -0.190. The maximum absolute atomic E-state index is 12.7. The molecule has 0 saturated carbocycles. The Hall–Kier alpha value is -2.52. The molecule has 0 radical (unpaired) electrons. The van der Waals surface area contributed by atoms with Crippen molar-refractivity contribution in [1.29, 1.82) is 0 Å². The van der Waals surface area contributed by atoms with Crippen LogP contribution in [0.1, 0.15) is 18.9 Å². The monoisotopic (exact) mass is 456 g/mol. The molecule has 31 heavy (non-hydrogen) atoms. The van der Waals surface area contributed by atoms with Crippen molar-refractivity contribution in [2.45, 2.75) is 25.6 Å². The number of rotatable bonds is 5. The van der Waals surface area contributed by atoms with Crippen molar-refractivity contribution in [3.05, 3.63) is 47.1 Å². The lowest BCUT2D eigenvalue weighted by atomic mass is 10.2. The van der Waals surface area contributed by atoms with Crippen LogP contribution >= 0.6 is 11.6 Å². The molecular formula is C21H24ClF3N4O2. The highest BCUT2D eigenvalue weighted by molar-refractivity contribution is 6.32. The molecule has 1 N–H and O–H groups in total. The first kappa shape index (κ1) is 23.1. The van der Waals surface area contributed by atoms with Crippen molar-refractivity contribution in [1.82, 2.24) is 9.88 Å². The third-order valence-corrected chi connectivity index (χ3v) is 5.57. The van der Waals surface area contributed by atoms with Crippen LogP contribution in [0.5, 0.6) is 5.75 Å². The molecule has 1 saturated heterocycles. The number of amides is 1. The van der Waals surface area contributed by atoms with E-state index in [1.165, 1.54) is 13.2 Å². The molecule has 1 fully saturated rings. The van der Waals surface area contributed by atoms with Gasteiger partial charge in [0.15, 0.2) is 0 Å². The van der Waals surface area contributed by atoms with E-state index in [0.717, 1.165) is 18.7 Å². The molecule has 2 aromatic rings. The lowest BCUT2D eigenvalue weighted by Gasteiger charge is -2.27. The number of carbonyl (C=O) groups excluding carboxylic acids is 1. The third kappa shape index (κ3) is 5.80. The summed E-state index contributed by atoms with van der Waals surface area (Å²) in [7, 11) is 1.52. The Morgan fingerprint density at radius 3 is 2.58 bits per heavy atom. The molecule has 1 unspecified atom stereocenters. The molecule has 2 heterocycles. The van der Waals surface area contributed by atoms with Crippen molar-refractivity contribution >= 4 is 29.0 Å². The number of carbonyl (C=O) groups is 1. The van der Waals surface area contributed by atoms with Gasteiger partial charge in [0.05, 0.1) is 23.7 Å². The number of anilines is 2. The van der Waals surface area contributed by atoms with E-state index < -0.39 is 11.7 Å². The van der Waals surface area contributed by atoms with E-state index in [0.29, 0.717) is 48.5 Å². The van der Waals surface area contributed by atoms with Crippen LogP contribution in [0.3, 0.4) is 0 Å². The minimum Gasteiger partial charge on any atom is -0.495 e. The smallest absolute Gasteiger partial charge is 0.417 e. The van der Waals surface area contributed by atoms with E-state index in [4.69, 9.17) is 16.3 Å². The number of benzene rings is 1. The third-order valence-electron chi connectivity index (χ3n) is 5.28. The summed E-state index contributed by atoms with van der Waals surface area (Å²) in [6.07, 6.45) is -2.79. The Bertz CT molecular complexity index is 908. The van der Waals surface area contributed by atoms with Gasteiger partial charge in [-0.1, -0.05) is 11.6 Å². The Kier molecular flexibility index (Phi) is 7.27. The zero-order valence-electron chi connectivity index (χ0n) is 17.2. The average molecular weight is 457 g/mol. The van der Waals surface area contributed by atoms with Crippen molar-refractivity contribution in [2.24, 2.45) is 0 Å². The van der Waals surface area contributed by atoms with Gasteiger partial charge >= 0.3 is 6.18 Å². The highest BCUT2D eigenvalue weighted by Crippen LogP contribution is 2.30. The Morgan fingerprint density at radius 2 is 1.97 bits per heavy atom. The van der Waals surface area contributed by atoms with Gasteiger partial charge in [-0.25, -0.2) is 4.98 Å². The molecule has 168 valence electrons. The minimum atomic E-state index is -4.40. The maximum atomic E-state index is 12.7. The van der Waals surface area contributed by atoms with Crippen LogP contribution in [-0.2, 0) is 11.0 Å². The highest BCUT2D eigenvalue weighted by atomic mass is 35.5. The number of aromatic nitrogens is 1. The summed E-state index contributed by atoms with van der Waals surface area (Å²) in [5, 5.41) is 3.27. The molecule has 1 atom stereocenters. The van der Waals surface area contributed by atoms with Gasteiger partial charge in [0.2, 0.25) is 5.91 Å². The number of hydrogen-bond donors (Lipinski definition) is 1. The van der Waals surface area contributed by atoms with Crippen molar-refractivity contribution in [3.8, 4) is 5.75 Å². The summed E-state index contributed by atoms with van der Waals surface area (Å²) >= 11 is 6.11. The van der Waals surface area contributed by atoms with E-state index in [2.05, 4.69) is 10.3 Å². The predicted octanol–water partition coefficient (Wildman–Crippen LogP) is 4.30. The normalized spacial score (nSPS) is 16.5. The Balaban J connectivity index is 1.59. The minimum absolute atomic E-state index is 0.165. The van der Waals surface area contributed by atoms with Crippen molar-refractivity contribution in [3.63, 3.8) is 0 Å². The second-order valence-electron chi connectivity index (χ2n) is 7.29. The molecule has 1 aromatic heterocycles. The summed E-state index contributed by atoms with van der Waals surface area (Å²) in [6, 6.07) is 7.08. The first-order valence-electron chi connectivity index (χ1n) is 9.85. The topological polar surface area (TPSA) is 57.7 Å². The molecule has 10 heteroatoms. The number of halogens is 4. The number of methoxy groups -OCH3 is 1. The number of hydrogen-bond acceptors (Lipinski definition) is 5. The number of nitrogens with zero attached hydrogens (tertiary/aromatic N) is 3. The fourth-order valence-electron chi connectivity index (χ4n) is 3.45. The first-order chi connectivity index (χ1) is 14.7. The van der Waals surface area contributed by atoms with Crippen LogP contribution < -0.4 is 15.0 Å². The molecule has 0 bridgehead atoms. The fraction of sp³-hybridized carbons (Fsp3) is 0.429. The average Bonchev–Trinajstić information content (AvgIpc) is 2.99. The van der Waals surface area contributed by atoms with Crippen LogP contribution in [0.2, 0.25) is 5.02 Å². The Labute approximate surface area is 183 Å². The zero-order chi connectivity index (χ0) is 22.6. The fourth-order valence-corrected chi connectivity index (χ4v) is 3.71. The largest absolute Gasteiger partial charge is 0.495 e. The molecule has 1 aliphatic heterocycles. The van der Waals surface area contributed by atoms with Gasteiger partial charge in [-0.3, -0.25) is 9.69 Å². The Morgan fingerprint density at radius 1 is 1.19 bits per heavy atom. The van der Waals surface area contributed by atoms with Gasteiger partial charge in [-0.2, -0.15) is 13.2 Å². The molecule has 0 aliphatic carbocycles.